The van der Waals surface area contributed by atoms with Gasteiger partial charge in [-0.3, -0.25) is 4.79 Å². The van der Waals surface area contributed by atoms with Gasteiger partial charge in [0.25, 0.3) is 0 Å². The minimum atomic E-state index is -0.167. The molecule has 0 saturated carbocycles. The third kappa shape index (κ3) is 1.95. The molecule has 4 nitrogen and oxygen atoms in total. The summed E-state index contributed by atoms with van der Waals surface area (Å²) in [5, 5.41) is 13.1. The summed E-state index contributed by atoms with van der Waals surface area (Å²) in [5.74, 6) is 5.12. The third-order valence-corrected chi connectivity index (χ3v) is 2.41. The summed E-state index contributed by atoms with van der Waals surface area (Å²) in [6.07, 6.45) is 0.931. The van der Waals surface area contributed by atoms with Crippen molar-refractivity contribution in [1.82, 2.24) is 0 Å². The van der Waals surface area contributed by atoms with E-state index in [1.54, 1.807) is 6.92 Å². The van der Waals surface area contributed by atoms with E-state index in [1.807, 2.05) is 13.8 Å². The van der Waals surface area contributed by atoms with E-state index in [2.05, 4.69) is 5.10 Å². The molecule has 0 heterocycles. The number of hydrazone groups is 1. The maximum atomic E-state index is 11.7. The molecule has 1 aliphatic carbocycles. The summed E-state index contributed by atoms with van der Waals surface area (Å²) in [7, 11) is 0. The van der Waals surface area contributed by atoms with Crippen molar-refractivity contribution in [3.8, 4) is 0 Å². The van der Waals surface area contributed by atoms with Gasteiger partial charge in [-0.25, -0.2) is 0 Å². The lowest BCUT2D eigenvalue weighted by Gasteiger charge is -2.29. The molecule has 14 heavy (non-hydrogen) atoms. The molecule has 0 bridgehead atoms. The second-order valence-corrected chi connectivity index (χ2v) is 4.48. The predicted octanol–water partition coefficient (Wildman–Crippen LogP) is 1.52. The van der Waals surface area contributed by atoms with Gasteiger partial charge in [0.2, 0.25) is 0 Å². The average Bonchev–Trinajstić information content (AvgIpc) is 1.99. The van der Waals surface area contributed by atoms with Gasteiger partial charge in [-0.15, -0.1) is 0 Å². The summed E-state index contributed by atoms with van der Waals surface area (Å²) in [4.78, 5) is 11.7. The first-order chi connectivity index (χ1) is 6.37. The number of allylic oxidation sites excluding steroid dienone is 2. The van der Waals surface area contributed by atoms with Gasteiger partial charge in [-0.05, 0) is 12.3 Å². The zero-order valence-corrected chi connectivity index (χ0v) is 8.79. The first kappa shape index (κ1) is 10.8. The molecule has 0 aromatic heterocycles. The average molecular weight is 196 g/mol. The Balaban J connectivity index is 3.12. The second kappa shape index (κ2) is 3.44. The van der Waals surface area contributed by atoms with Crippen molar-refractivity contribution >= 4 is 11.5 Å². The zero-order chi connectivity index (χ0) is 10.9. The van der Waals surface area contributed by atoms with Crippen LogP contribution in [0.3, 0.4) is 0 Å². The number of aliphatic hydroxyl groups excluding tert-OH is 1. The monoisotopic (exact) mass is 196 g/mol. The van der Waals surface area contributed by atoms with Crippen LogP contribution >= 0.6 is 0 Å². The quantitative estimate of drug-likeness (QED) is 0.379. The van der Waals surface area contributed by atoms with E-state index < -0.39 is 0 Å². The van der Waals surface area contributed by atoms with Gasteiger partial charge in [0.15, 0.2) is 5.78 Å². The van der Waals surface area contributed by atoms with Crippen molar-refractivity contribution in [3.63, 3.8) is 0 Å². The molecule has 0 aromatic carbocycles. The molecule has 1 aliphatic rings. The van der Waals surface area contributed by atoms with Gasteiger partial charge in [0.1, 0.15) is 5.76 Å². The lowest BCUT2D eigenvalue weighted by atomic mass is 9.76. The zero-order valence-electron chi connectivity index (χ0n) is 8.79. The molecule has 0 atom stereocenters. The molecule has 0 spiro atoms. The van der Waals surface area contributed by atoms with Gasteiger partial charge in [-0.2, -0.15) is 5.10 Å². The van der Waals surface area contributed by atoms with Crippen molar-refractivity contribution in [2.24, 2.45) is 16.4 Å². The van der Waals surface area contributed by atoms with E-state index >= 15 is 0 Å². The number of carbonyl (C=O) groups is 1. The van der Waals surface area contributed by atoms with E-state index in [0.717, 1.165) is 0 Å². The summed E-state index contributed by atoms with van der Waals surface area (Å²) >= 11 is 0. The standard InChI is InChI=1S/C10H16N2O2/c1-6(12-11)9-7(13)4-10(2,3)5-8(9)14/h13H,4-5,11H2,1-3H3. The van der Waals surface area contributed by atoms with E-state index in [1.165, 1.54) is 0 Å². The number of hydrogen-bond acceptors (Lipinski definition) is 4. The Morgan fingerprint density at radius 3 is 2.50 bits per heavy atom. The van der Waals surface area contributed by atoms with Crippen LogP contribution < -0.4 is 5.84 Å². The minimum absolute atomic E-state index is 0.0783. The molecule has 0 saturated heterocycles. The summed E-state index contributed by atoms with van der Waals surface area (Å²) < 4.78 is 0. The lowest BCUT2D eigenvalue weighted by Crippen LogP contribution is -2.28. The summed E-state index contributed by atoms with van der Waals surface area (Å²) in [6, 6.07) is 0. The number of hydrogen-bond donors (Lipinski definition) is 2. The predicted molar refractivity (Wildman–Crippen MR) is 55.0 cm³/mol. The van der Waals surface area contributed by atoms with Crippen molar-refractivity contribution in [3.05, 3.63) is 11.3 Å². The fraction of sp³-hybridized carbons (Fsp3) is 0.600. The van der Waals surface area contributed by atoms with Crippen molar-refractivity contribution in [1.29, 1.82) is 0 Å². The number of nitrogens with two attached hydrogens (primary N) is 1. The summed E-state index contributed by atoms with van der Waals surface area (Å²) in [6.45, 7) is 5.53. The highest BCUT2D eigenvalue weighted by Crippen LogP contribution is 2.35. The molecular weight excluding hydrogens is 180 g/mol. The highest BCUT2D eigenvalue weighted by Gasteiger charge is 2.33. The van der Waals surface area contributed by atoms with Crippen molar-refractivity contribution < 1.29 is 9.90 Å². The molecule has 1 rings (SSSR count). The normalized spacial score (nSPS) is 22.8. The van der Waals surface area contributed by atoms with Crippen LogP contribution in [0.2, 0.25) is 0 Å². The highest BCUT2D eigenvalue weighted by atomic mass is 16.3. The Labute approximate surface area is 83.5 Å². The molecule has 3 N–H and O–H groups in total. The fourth-order valence-electron chi connectivity index (χ4n) is 1.76. The largest absolute Gasteiger partial charge is 0.511 e. The van der Waals surface area contributed by atoms with Gasteiger partial charge in [0, 0.05) is 12.8 Å². The van der Waals surface area contributed by atoms with Crippen molar-refractivity contribution in [2.75, 3.05) is 0 Å². The van der Waals surface area contributed by atoms with Gasteiger partial charge >= 0.3 is 0 Å². The molecular formula is C10H16N2O2. The van der Waals surface area contributed by atoms with E-state index in [4.69, 9.17) is 5.84 Å². The molecule has 4 heteroatoms. The number of carbonyl (C=O) groups excluding carboxylic acids is 1. The Morgan fingerprint density at radius 2 is 2.07 bits per heavy atom. The van der Waals surface area contributed by atoms with E-state index in [0.29, 0.717) is 24.1 Å². The van der Waals surface area contributed by atoms with Crippen LogP contribution in [0.25, 0.3) is 0 Å². The summed E-state index contributed by atoms with van der Waals surface area (Å²) in [5.41, 5.74) is 0.536. The lowest BCUT2D eigenvalue weighted by molar-refractivity contribution is -0.117. The third-order valence-electron chi connectivity index (χ3n) is 2.41. The Hall–Kier alpha value is -1.32. The number of nitrogens with zero attached hydrogens (tertiary/aromatic N) is 1. The van der Waals surface area contributed by atoms with Crippen molar-refractivity contribution in [2.45, 2.75) is 33.6 Å². The van der Waals surface area contributed by atoms with Crippen LogP contribution in [0.4, 0.5) is 0 Å². The topological polar surface area (TPSA) is 75.7 Å². The Morgan fingerprint density at radius 1 is 1.50 bits per heavy atom. The number of rotatable bonds is 1. The Bertz CT molecular complexity index is 327. The van der Waals surface area contributed by atoms with Gasteiger partial charge < -0.3 is 10.9 Å². The molecule has 0 aromatic rings. The maximum absolute atomic E-state index is 11.7. The first-order valence-corrected chi connectivity index (χ1v) is 4.57. The van der Waals surface area contributed by atoms with E-state index in [9.17, 15) is 9.90 Å². The smallest absolute Gasteiger partial charge is 0.168 e. The highest BCUT2D eigenvalue weighted by molar-refractivity contribution is 6.22. The second-order valence-electron chi connectivity index (χ2n) is 4.48. The number of Topliss-reactive ketones (excluding diaryl/α,β-unsaturated/α-hetero) is 1. The number of aliphatic hydroxyl groups is 1. The molecule has 0 aliphatic heterocycles. The van der Waals surface area contributed by atoms with Gasteiger partial charge in [0.05, 0.1) is 11.3 Å². The van der Waals surface area contributed by atoms with Crippen LogP contribution in [0.15, 0.2) is 16.4 Å². The molecule has 0 fully saturated rings. The van der Waals surface area contributed by atoms with Crippen LogP contribution in [0.5, 0.6) is 0 Å². The van der Waals surface area contributed by atoms with E-state index in [-0.39, 0.29) is 17.0 Å². The van der Waals surface area contributed by atoms with Crippen LogP contribution in [-0.4, -0.2) is 16.6 Å². The van der Waals surface area contributed by atoms with Crippen LogP contribution in [0, 0.1) is 5.41 Å². The fourth-order valence-corrected chi connectivity index (χ4v) is 1.76. The molecule has 0 amide bonds. The van der Waals surface area contributed by atoms with Crippen LogP contribution in [0.1, 0.15) is 33.6 Å². The number of ketones is 1. The molecule has 0 unspecified atom stereocenters. The Kier molecular flexibility index (Phi) is 2.64. The van der Waals surface area contributed by atoms with Crippen LogP contribution in [-0.2, 0) is 4.79 Å². The van der Waals surface area contributed by atoms with Gasteiger partial charge in [-0.1, -0.05) is 13.8 Å². The molecule has 0 radical (unpaired) electrons. The first-order valence-electron chi connectivity index (χ1n) is 4.57. The maximum Gasteiger partial charge on any atom is 0.168 e. The minimum Gasteiger partial charge on any atom is -0.511 e. The molecule has 78 valence electrons. The SMILES string of the molecule is CC(=NN)C1=C(O)CC(C)(C)CC1=O.